The van der Waals surface area contributed by atoms with Gasteiger partial charge in [-0.1, -0.05) is 179 Å². The Labute approximate surface area is 364 Å². The van der Waals surface area contributed by atoms with Crippen LogP contribution in [-0.2, 0) is 16.2 Å². The normalized spacial score (nSPS) is 15.5. The van der Waals surface area contributed by atoms with E-state index >= 15 is 0 Å². The van der Waals surface area contributed by atoms with E-state index in [1.54, 1.807) is 0 Å². The molecule has 0 N–H and O–H groups in total. The van der Waals surface area contributed by atoms with Crippen molar-refractivity contribution >= 4 is 17.1 Å². The van der Waals surface area contributed by atoms with Gasteiger partial charge in [0, 0.05) is 27.9 Å². The first kappa shape index (κ1) is 35.5. The lowest BCUT2D eigenvalue weighted by atomic mass is 9.70. The minimum absolute atomic E-state index is 0.0517. The Morgan fingerprint density at radius 1 is 0.258 bits per heavy atom. The predicted molar refractivity (Wildman–Crippen MR) is 258 cm³/mol. The number of rotatable bonds is 4. The van der Waals surface area contributed by atoms with Crippen molar-refractivity contribution in [3.8, 4) is 55.6 Å². The van der Waals surface area contributed by atoms with E-state index in [4.69, 9.17) is 0 Å². The Kier molecular flexibility index (Phi) is 7.12. The van der Waals surface area contributed by atoms with Gasteiger partial charge >= 0.3 is 0 Å². The zero-order valence-electron chi connectivity index (χ0n) is 35.5. The van der Waals surface area contributed by atoms with Crippen LogP contribution in [-0.4, -0.2) is 0 Å². The van der Waals surface area contributed by atoms with Crippen LogP contribution in [0.25, 0.3) is 55.6 Å². The molecule has 9 aromatic rings. The van der Waals surface area contributed by atoms with Crippen molar-refractivity contribution in [3.05, 3.63) is 245 Å². The fourth-order valence-electron chi connectivity index (χ4n) is 12.2. The molecule has 0 fully saturated rings. The van der Waals surface area contributed by atoms with E-state index in [-0.39, 0.29) is 16.2 Å². The van der Waals surface area contributed by atoms with Gasteiger partial charge in [0.1, 0.15) is 0 Å². The summed E-state index contributed by atoms with van der Waals surface area (Å²) in [5.41, 5.74) is 27.0. The Hall–Kier alpha value is -7.22. The van der Waals surface area contributed by atoms with Crippen LogP contribution in [0.4, 0.5) is 17.1 Å². The monoisotopic (exact) mass is 791 g/mol. The first-order chi connectivity index (χ1) is 30.3. The second-order valence-electron chi connectivity index (χ2n) is 18.8. The molecule has 62 heavy (non-hydrogen) atoms. The smallest absolute Gasteiger partial charge is 0.0725 e. The molecular weight excluding hydrogens is 747 g/mol. The molecule has 0 bridgehead atoms. The van der Waals surface area contributed by atoms with Gasteiger partial charge in [-0.25, -0.2) is 0 Å². The Balaban J connectivity index is 1.000. The van der Waals surface area contributed by atoms with Gasteiger partial charge < -0.3 is 4.90 Å². The Morgan fingerprint density at radius 3 is 1.23 bits per heavy atom. The molecule has 0 saturated heterocycles. The third-order valence-corrected chi connectivity index (χ3v) is 15.1. The summed E-state index contributed by atoms with van der Waals surface area (Å²) in [5.74, 6) is 0. The maximum atomic E-state index is 2.52. The zero-order valence-corrected chi connectivity index (χ0v) is 35.5. The minimum atomic E-state index is -0.376. The van der Waals surface area contributed by atoms with Crippen LogP contribution in [0.5, 0.6) is 0 Å². The maximum Gasteiger partial charge on any atom is 0.0725 e. The van der Waals surface area contributed by atoms with E-state index in [2.05, 4.69) is 233 Å². The molecule has 13 rings (SSSR count). The van der Waals surface area contributed by atoms with Crippen LogP contribution in [0.3, 0.4) is 0 Å². The second kappa shape index (κ2) is 12.4. The van der Waals surface area contributed by atoms with E-state index in [9.17, 15) is 0 Å². The molecule has 1 heteroatoms. The number of nitrogens with zero attached hydrogens (tertiary/aromatic N) is 1. The van der Waals surface area contributed by atoms with Gasteiger partial charge in [-0.15, -0.1) is 0 Å². The van der Waals surface area contributed by atoms with Gasteiger partial charge in [-0.3, -0.25) is 0 Å². The van der Waals surface area contributed by atoms with E-state index in [1.165, 1.54) is 100 Å². The third kappa shape index (κ3) is 4.53. The summed E-state index contributed by atoms with van der Waals surface area (Å²) in [6, 6.07) is 75.6. The third-order valence-electron chi connectivity index (χ3n) is 15.1. The Morgan fingerprint density at radius 2 is 0.629 bits per heavy atom. The van der Waals surface area contributed by atoms with Crippen molar-refractivity contribution in [1.29, 1.82) is 0 Å². The highest BCUT2D eigenvalue weighted by Crippen LogP contribution is 2.63. The molecule has 0 radical (unpaired) electrons. The average Bonchev–Trinajstić information content (AvgIpc) is 3.94. The molecule has 0 heterocycles. The highest BCUT2D eigenvalue weighted by atomic mass is 15.1. The van der Waals surface area contributed by atoms with Gasteiger partial charge in [0.15, 0.2) is 0 Å². The molecule has 0 unspecified atom stereocenters. The quantitative estimate of drug-likeness (QED) is 0.172. The lowest BCUT2D eigenvalue weighted by Crippen LogP contribution is -2.25. The van der Waals surface area contributed by atoms with E-state index in [1.807, 2.05) is 0 Å². The topological polar surface area (TPSA) is 3.24 Å². The van der Waals surface area contributed by atoms with Crippen LogP contribution in [0, 0.1) is 0 Å². The first-order valence-electron chi connectivity index (χ1n) is 22.1. The summed E-state index contributed by atoms with van der Waals surface area (Å²) in [4.78, 5) is 2.48. The summed E-state index contributed by atoms with van der Waals surface area (Å²) >= 11 is 0. The molecule has 0 aliphatic heterocycles. The molecular formula is C61H45N. The standard InChI is InChI=1S/C61H45N/c1-59(2)51-22-12-8-20-45(51)49-36-58-50(37-57(49)59)47-32-30-42(35-56(47)60(58,3)4)62(40-28-26-39(27-29-40)38-16-6-5-7-17-38)41-31-33-55-48(34-41)46-21-11-15-25-54(46)61(55)52-23-13-9-18-43(52)44-19-10-14-24-53(44)61/h5-37H,1-4H3. The average molecular weight is 792 g/mol. The van der Waals surface area contributed by atoms with Crippen LogP contribution in [0.15, 0.2) is 200 Å². The van der Waals surface area contributed by atoms with Crippen molar-refractivity contribution < 1.29 is 0 Å². The molecule has 0 amide bonds. The van der Waals surface area contributed by atoms with Crippen LogP contribution in [0.1, 0.15) is 72.2 Å². The largest absolute Gasteiger partial charge is 0.310 e. The molecule has 0 aromatic heterocycles. The Bertz CT molecular complexity index is 3300. The number of hydrogen-bond acceptors (Lipinski definition) is 1. The molecule has 1 nitrogen and oxygen atoms in total. The summed E-state index contributed by atoms with van der Waals surface area (Å²) in [5, 5.41) is 0. The number of hydrogen-bond donors (Lipinski definition) is 0. The number of anilines is 3. The molecule has 294 valence electrons. The zero-order chi connectivity index (χ0) is 41.5. The fraction of sp³-hybridized carbons (Fsp3) is 0.115. The first-order valence-corrected chi connectivity index (χ1v) is 22.1. The molecule has 0 saturated carbocycles. The lowest BCUT2D eigenvalue weighted by molar-refractivity contribution is 0.652. The van der Waals surface area contributed by atoms with Gasteiger partial charge in [0.2, 0.25) is 0 Å². The van der Waals surface area contributed by atoms with Crippen molar-refractivity contribution in [3.63, 3.8) is 0 Å². The number of benzene rings is 9. The summed E-state index contributed by atoms with van der Waals surface area (Å²) < 4.78 is 0. The van der Waals surface area contributed by atoms with Crippen LogP contribution in [0.2, 0.25) is 0 Å². The van der Waals surface area contributed by atoms with Crippen molar-refractivity contribution in [2.45, 2.75) is 43.9 Å². The maximum absolute atomic E-state index is 2.52. The van der Waals surface area contributed by atoms with E-state index < -0.39 is 0 Å². The summed E-state index contributed by atoms with van der Waals surface area (Å²) in [6.07, 6.45) is 0. The van der Waals surface area contributed by atoms with Gasteiger partial charge in [-0.2, -0.15) is 0 Å². The molecule has 0 atom stereocenters. The molecule has 1 spiro atoms. The summed E-state index contributed by atoms with van der Waals surface area (Å²) in [7, 11) is 0. The van der Waals surface area contributed by atoms with Crippen molar-refractivity contribution in [1.82, 2.24) is 0 Å². The van der Waals surface area contributed by atoms with E-state index in [0.717, 1.165) is 17.1 Å². The summed E-state index contributed by atoms with van der Waals surface area (Å²) in [6.45, 7) is 9.61. The highest BCUT2D eigenvalue weighted by molar-refractivity contribution is 5.97. The highest BCUT2D eigenvalue weighted by Gasteiger charge is 2.51. The van der Waals surface area contributed by atoms with Crippen LogP contribution >= 0.6 is 0 Å². The predicted octanol–water partition coefficient (Wildman–Crippen LogP) is 15.8. The minimum Gasteiger partial charge on any atom is -0.310 e. The van der Waals surface area contributed by atoms with Gasteiger partial charge in [0.05, 0.1) is 5.41 Å². The molecule has 4 aliphatic carbocycles. The fourth-order valence-corrected chi connectivity index (χ4v) is 12.2. The molecule has 9 aromatic carbocycles. The SMILES string of the molecule is CC1(C)c2ccccc2-c2cc3c(cc21)-c1ccc(N(c2ccc(-c4ccccc4)cc2)c2ccc4c(c2)-c2ccccc2C42c4ccccc4-c4ccccc42)cc1C3(C)C. The molecule has 4 aliphatic rings. The van der Waals surface area contributed by atoms with E-state index in [0.29, 0.717) is 0 Å². The number of fused-ring (bicyclic) bond motifs is 16. The van der Waals surface area contributed by atoms with Crippen molar-refractivity contribution in [2.24, 2.45) is 0 Å². The van der Waals surface area contributed by atoms with Gasteiger partial charge in [-0.05, 0) is 149 Å². The second-order valence-corrected chi connectivity index (χ2v) is 18.8. The lowest BCUT2D eigenvalue weighted by Gasteiger charge is -2.31. The van der Waals surface area contributed by atoms with Crippen molar-refractivity contribution in [2.75, 3.05) is 4.90 Å². The van der Waals surface area contributed by atoms with Crippen LogP contribution < -0.4 is 4.90 Å². The van der Waals surface area contributed by atoms with Gasteiger partial charge in [0.25, 0.3) is 0 Å².